The highest BCUT2D eigenvalue weighted by atomic mass is 16.2. The molecule has 1 aromatic carbocycles. The third-order valence-corrected chi connectivity index (χ3v) is 6.56. The van der Waals surface area contributed by atoms with Crippen molar-refractivity contribution in [2.45, 2.75) is 20.3 Å². The Hall–Kier alpha value is -2.10. The standard InChI is InChI=1S/C20H22N2O2/c1-10-3-6-16(11(2)7-10)21-9-22-19(23)17-12-4-5-13(15-8-14(12)15)18(17)20(22)24/h3-7,12-15,17-18,21H,8-9H2,1-2H3/t12-,13-,14+,15+,17-,18+/m1/s1. The fourth-order valence-corrected chi connectivity index (χ4v) is 5.35. The van der Waals surface area contributed by atoms with E-state index >= 15 is 0 Å². The highest BCUT2D eigenvalue weighted by Crippen LogP contribution is 2.65. The van der Waals surface area contributed by atoms with E-state index in [2.05, 4.69) is 30.5 Å². The molecule has 1 N–H and O–H groups in total. The van der Waals surface area contributed by atoms with E-state index in [0.717, 1.165) is 11.3 Å². The lowest BCUT2D eigenvalue weighted by Crippen LogP contribution is -2.40. The minimum absolute atomic E-state index is 0.0342. The van der Waals surface area contributed by atoms with Gasteiger partial charge in [0.15, 0.2) is 0 Å². The number of allylic oxidation sites excluding steroid dienone is 2. The van der Waals surface area contributed by atoms with E-state index in [4.69, 9.17) is 0 Å². The molecule has 1 aliphatic heterocycles. The number of benzene rings is 1. The first-order chi connectivity index (χ1) is 11.6. The molecule has 0 radical (unpaired) electrons. The molecule has 4 aliphatic carbocycles. The lowest BCUT2D eigenvalue weighted by Gasteiger charge is -2.37. The number of imide groups is 1. The highest BCUT2D eigenvalue weighted by molar-refractivity contribution is 6.06. The van der Waals surface area contributed by atoms with Crippen LogP contribution in [0.5, 0.6) is 0 Å². The van der Waals surface area contributed by atoms with E-state index in [1.54, 1.807) is 0 Å². The fraction of sp³-hybridized carbons (Fsp3) is 0.500. The second kappa shape index (κ2) is 4.71. The summed E-state index contributed by atoms with van der Waals surface area (Å²) in [6, 6.07) is 6.16. The zero-order chi connectivity index (χ0) is 16.6. The number of nitrogens with one attached hydrogen (secondary N) is 1. The normalized spacial score (nSPS) is 38.3. The first kappa shape index (κ1) is 14.3. The number of likely N-dealkylation sites (tertiary alicyclic amines) is 1. The molecule has 0 unspecified atom stereocenters. The van der Waals surface area contributed by atoms with Crippen molar-refractivity contribution >= 4 is 17.5 Å². The molecule has 4 heteroatoms. The van der Waals surface area contributed by atoms with Gasteiger partial charge >= 0.3 is 0 Å². The van der Waals surface area contributed by atoms with Crippen molar-refractivity contribution < 1.29 is 9.59 Å². The average Bonchev–Trinajstić information content (AvgIpc) is 3.33. The van der Waals surface area contributed by atoms with Gasteiger partial charge in [-0.3, -0.25) is 14.5 Å². The van der Waals surface area contributed by atoms with Gasteiger partial charge in [-0.1, -0.05) is 29.8 Å². The SMILES string of the molecule is Cc1ccc(NCN2C(=O)[C@@H]3[C@@H]4C=C[C@H]([C@@H]5C[C@@H]45)[C@@H]3C2=O)c(C)c1. The van der Waals surface area contributed by atoms with Gasteiger partial charge in [0.25, 0.3) is 0 Å². The van der Waals surface area contributed by atoms with Crippen molar-refractivity contribution in [2.24, 2.45) is 35.5 Å². The van der Waals surface area contributed by atoms with Gasteiger partial charge < -0.3 is 5.32 Å². The van der Waals surface area contributed by atoms with Gasteiger partial charge in [0.1, 0.15) is 0 Å². The third-order valence-electron chi connectivity index (χ3n) is 6.56. The van der Waals surface area contributed by atoms with E-state index in [9.17, 15) is 9.59 Å². The van der Waals surface area contributed by atoms with Crippen LogP contribution in [0.2, 0.25) is 0 Å². The van der Waals surface area contributed by atoms with Gasteiger partial charge in [-0.05, 0) is 55.6 Å². The van der Waals surface area contributed by atoms with Crippen molar-refractivity contribution in [3.8, 4) is 0 Å². The van der Waals surface area contributed by atoms with Crippen LogP contribution < -0.4 is 5.32 Å². The summed E-state index contributed by atoms with van der Waals surface area (Å²) in [6.45, 7) is 4.38. The molecule has 1 saturated heterocycles. The van der Waals surface area contributed by atoms with Crippen LogP contribution in [0, 0.1) is 49.4 Å². The molecule has 3 fully saturated rings. The molecule has 2 saturated carbocycles. The van der Waals surface area contributed by atoms with Gasteiger partial charge in [0.2, 0.25) is 11.8 Å². The summed E-state index contributed by atoms with van der Waals surface area (Å²) in [7, 11) is 0. The van der Waals surface area contributed by atoms with Crippen molar-refractivity contribution in [2.75, 3.05) is 12.0 Å². The Morgan fingerprint density at radius 2 is 1.67 bits per heavy atom. The summed E-state index contributed by atoms with van der Waals surface area (Å²) in [5.74, 6) is 1.78. The number of carbonyl (C=O) groups excluding carboxylic acids is 2. The first-order valence-electron chi connectivity index (χ1n) is 8.91. The Bertz CT molecular complexity index is 748. The number of hydrogen-bond donors (Lipinski definition) is 1. The molecule has 0 aromatic heterocycles. The van der Waals surface area contributed by atoms with E-state index in [1.807, 2.05) is 19.1 Å². The van der Waals surface area contributed by atoms with Gasteiger partial charge in [0.05, 0.1) is 18.5 Å². The maximum absolute atomic E-state index is 12.9. The van der Waals surface area contributed by atoms with Crippen LogP contribution in [-0.4, -0.2) is 23.4 Å². The Labute approximate surface area is 141 Å². The zero-order valence-electron chi connectivity index (χ0n) is 14.0. The summed E-state index contributed by atoms with van der Waals surface area (Å²) in [5, 5.41) is 3.29. The van der Waals surface area contributed by atoms with Crippen LogP contribution in [0.3, 0.4) is 0 Å². The van der Waals surface area contributed by atoms with Crippen molar-refractivity contribution in [1.82, 2.24) is 4.90 Å². The van der Waals surface area contributed by atoms with Crippen LogP contribution >= 0.6 is 0 Å². The van der Waals surface area contributed by atoms with Gasteiger partial charge in [-0.2, -0.15) is 0 Å². The minimum Gasteiger partial charge on any atom is -0.367 e. The molecule has 0 spiro atoms. The predicted octanol–water partition coefficient (Wildman–Crippen LogP) is 2.73. The molecule has 2 amide bonds. The van der Waals surface area contributed by atoms with Gasteiger partial charge in [0, 0.05) is 5.69 Å². The smallest absolute Gasteiger partial charge is 0.235 e. The van der Waals surface area contributed by atoms with E-state index in [0.29, 0.717) is 23.7 Å². The van der Waals surface area contributed by atoms with E-state index in [-0.39, 0.29) is 30.3 Å². The number of aryl methyl sites for hydroxylation is 2. The molecule has 2 bridgehead atoms. The topological polar surface area (TPSA) is 49.4 Å². The Morgan fingerprint density at radius 3 is 2.25 bits per heavy atom. The van der Waals surface area contributed by atoms with Crippen LogP contribution in [0.1, 0.15) is 17.5 Å². The molecule has 6 rings (SSSR count). The average molecular weight is 322 g/mol. The summed E-state index contributed by atoms with van der Waals surface area (Å²) < 4.78 is 0. The summed E-state index contributed by atoms with van der Waals surface area (Å²) in [4.78, 5) is 27.3. The van der Waals surface area contributed by atoms with Crippen LogP contribution in [0.25, 0.3) is 0 Å². The van der Waals surface area contributed by atoms with Gasteiger partial charge in [-0.25, -0.2) is 0 Å². The van der Waals surface area contributed by atoms with E-state index in [1.165, 1.54) is 16.9 Å². The minimum atomic E-state index is -0.0998. The van der Waals surface area contributed by atoms with Gasteiger partial charge in [-0.15, -0.1) is 0 Å². The predicted molar refractivity (Wildman–Crippen MR) is 91.0 cm³/mol. The first-order valence-corrected chi connectivity index (χ1v) is 8.91. The number of nitrogens with zero attached hydrogens (tertiary/aromatic N) is 1. The molecule has 6 atom stereocenters. The second-order valence-electron chi connectivity index (χ2n) is 7.91. The molecule has 24 heavy (non-hydrogen) atoms. The number of carbonyl (C=O) groups is 2. The second-order valence-corrected chi connectivity index (χ2v) is 7.91. The lowest BCUT2D eigenvalue weighted by atomic mass is 9.63. The quantitative estimate of drug-likeness (QED) is 0.688. The number of hydrogen-bond acceptors (Lipinski definition) is 3. The summed E-state index contributed by atoms with van der Waals surface area (Å²) in [6.07, 6.45) is 5.63. The van der Waals surface area contributed by atoms with Crippen molar-refractivity contribution in [3.63, 3.8) is 0 Å². The van der Waals surface area contributed by atoms with E-state index < -0.39 is 0 Å². The Kier molecular flexibility index (Phi) is 2.80. The molecule has 4 nitrogen and oxygen atoms in total. The van der Waals surface area contributed by atoms with Crippen LogP contribution in [0.15, 0.2) is 30.4 Å². The number of amides is 2. The third kappa shape index (κ3) is 1.80. The molecule has 124 valence electrons. The zero-order valence-corrected chi connectivity index (χ0v) is 14.0. The molecule has 1 aromatic rings. The molecule has 1 heterocycles. The summed E-state index contributed by atoms with van der Waals surface area (Å²) >= 11 is 0. The van der Waals surface area contributed by atoms with Crippen molar-refractivity contribution in [3.05, 3.63) is 41.5 Å². The molecular weight excluding hydrogens is 300 g/mol. The molecule has 5 aliphatic rings. The fourth-order valence-electron chi connectivity index (χ4n) is 5.35. The monoisotopic (exact) mass is 322 g/mol. The largest absolute Gasteiger partial charge is 0.367 e. The highest BCUT2D eigenvalue weighted by Gasteiger charge is 2.66. The number of rotatable bonds is 3. The van der Waals surface area contributed by atoms with Crippen molar-refractivity contribution in [1.29, 1.82) is 0 Å². The summed E-state index contributed by atoms with van der Waals surface area (Å²) in [5.41, 5.74) is 3.33. The molecular formula is C20H22N2O2. The Morgan fingerprint density at radius 1 is 1.04 bits per heavy atom. The van der Waals surface area contributed by atoms with Crippen LogP contribution in [0.4, 0.5) is 5.69 Å². The lowest BCUT2D eigenvalue weighted by molar-refractivity contribution is -0.139. The van der Waals surface area contributed by atoms with Crippen LogP contribution in [-0.2, 0) is 9.59 Å². The number of anilines is 1. The maximum atomic E-state index is 12.9. The Balaban J connectivity index is 1.37. The maximum Gasteiger partial charge on any atom is 0.235 e.